The maximum Gasteiger partial charge on any atom is 0.272 e. The summed E-state index contributed by atoms with van der Waals surface area (Å²) in [5.74, 6) is -0.205. The monoisotopic (exact) mass is 313 g/mol. The van der Waals surface area contributed by atoms with Crippen LogP contribution >= 0.6 is 11.3 Å². The van der Waals surface area contributed by atoms with Crippen molar-refractivity contribution >= 4 is 17.2 Å². The molecule has 3 rings (SSSR count). The highest BCUT2D eigenvalue weighted by Gasteiger charge is 2.11. The van der Waals surface area contributed by atoms with Crippen LogP contribution in [0.4, 0.5) is 0 Å². The van der Waals surface area contributed by atoms with Crippen molar-refractivity contribution in [1.82, 2.24) is 25.3 Å². The molecule has 0 unspecified atom stereocenters. The third kappa shape index (κ3) is 3.20. The van der Waals surface area contributed by atoms with E-state index < -0.39 is 0 Å². The highest BCUT2D eigenvalue weighted by atomic mass is 32.1. The zero-order valence-corrected chi connectivity index (χ0v) is 12.9. The van der Waals surface area contributed by atoms with Gasteiger partial charge in [-0.3, -0.25) is 9.48 Å². The molecule has 0 aliphatic rings. The minimum absolute atomic E-state index is 0.205. The standard InChI is InChI=1S/C15H15N5OS/c1-2-20-9-8-12(19-20)14(21)16-10-13-17-18-15(22-13)11-6-4-3-5-7-11/h3-9H,2,10H2,1H3,(H,16,21). The highest BCUT2D eigenvalue weighted by molar-refractivity contribution is 7.14. The van der Waals surface area contributed by atoms with E-state index in [1.54, 1.807) is 16.9 Å². The first kappa shape index (κ1) is 14.4. The zero-order chi connectivity index (χ0) is 15.4. The van der Waals surface area contributed by atoms with Gasteiger partial charge >= 0.3 is 0 Å². The number of hydrogen-bond acceptors (Lipinski definition) is 5. The molecule has 7 heteroatoms. The SMILES string of the molecule is CCn1ccc(C(=O)NCc2nnc(-c3ccccc3)s2)n1. The predicted octanol–water partition coefficient (Wildman–Crippen LogP) is 2.35. The molecule has 0 spiro atoms. The third-order valence-electron chi connectivity index (χ3n) is 3.09. The number of aromatic nitrogens is 4. The summed E-state index contributed by atoms with van der Waals surface area (Å²) in [6.07, 6.45) is 1.79. The molecule has 1 aromatic carbocycles. The zero-order valence-electron chi connectivity index (χ0n) is 12.1. The molecule has 0 radical (unpaired) electrons. The molecule has 0 saturated heterocycles. The van der Waals surface area contributed by atoms with Gasteiger partial charge < -0.3 is 5.32 Å². The lowest BCUT2D eigenvalue weighted by molar-refractivity contribution is 0.0945. The first-order chi connectivity index (χ1) is 10.8. The van der Waals surface area contributed by atoms with Crippen LogP contribution in [0.1, 0.15) is 22.4 Å². The Bertz CT molecular complexity index is 765. The molecule has 1 amide bonds. The molecule has 0 aliphatic carbocycles. The average Bonchev–Trinajstić information content (AvgIpc) is 3.22. The Morgan fingerprint density at radius 3 is 2.77 bits per heavy atom. The number of aryl methyl sites for hydroxylation is 1. The Morgan fingerprint density at radius 1 is 1.23 bits per heavy atom. The number of benzene rings is 1. The van der Waals surface area contributed by atoms with Crippen molar-refractivity contribution in [3.05, 3.63) is 53.3 Å². The number of nitrogens with zero attached hydrogens (tertiary/aromatic N) is 4. The smallest absolute Gasteiger partial charge is 0.272 e. The van der Waals surface area contributed by atoms with Gasteiger partial charge in [0.15, 0.2) is 0 Å². The van der Waals surface area contributed by atoms with E-state index in [-0.39, 0.29) is 5.91 Å². The predicted molar refractivity (Wildman–Crippen MR) is 84.4 cm³/mol. The van der Waals surface area contributed by atoms with Gasteiger partial charge in [-0.05, 0) is 13.0 Å². The van der Waals surface area contributed by atoms with E-state index in [1.165, 1.54) is 11.3 Å². The Balaban J connectivity index is 1.62. The van der Waals surface area contributed by atoms with Gasteiger partial charge in [-0.15, -0.1) is 10.2 Å². The van der Waals surface area contributed by atoms with Crippen LogP contribution in [0.25, 0.3) is 10.6 Å². The summed E-state index contributed by atoms with van der Waals surface area (Å²) in [6, 6.07) is 11.6. The molecule has 22 heavy (non-hydrogen) atoms. The summed E-state index contributed by atoms with van der Waals surface area (Å²) < 4.78 is 1.72. The van der Waals surface area contributed by atoms with Crippen molar-refractivity contribution in [3.63, 3.8) is 0 Å². The molecule has 0 aliphatic heterocycles. The van der Waals surface area contributed by atoms with Crippen LogP contribution in [0.2, 0.25) is 0 Å². The van der Waals surface area contributed by atoms with Crippen molar-refractivity contribution in [2.24, 2.45) is 0 Å². The Labute approximate surface area is 131 Å². The van der Waals surface area contributed by atoms with Gasteiger partial charge in [0.25, 0.3) is 5.91 Å². The van der Waals surface area contributed by atoms with Crippen molar-refractivity contribution in [3.8, 4) is 10.6 Å². The second-order valence-corrected chi connectivity index (χ2v) is 5.67. The van der Waals surface area contributed by atoms with Crippen LogP contribution in [0, 0.1) is 0 Å². The average molecular weight is 313 g/mol. The molecule has 112 valence electrons. The lowest BCUT2D eigenvalue weighted by atomic mass is 10.2. The van der Waals surface area contributed by atoms with E-state index in [0.717, 1.165) is 22.1 Å². The third-order valence-corrected chi connectivity index (χ3v) is 4.06. The minimum atomic E-state index is -0.205. The minimum Gasteiger partial charge on any atom is -0.344 e. The molecule has 0 saturated carbocycles. The molecule has 6 nitrogen and oxygen atoms in total. The lowest BCUT2D eigenvalue weighted by Gasteiger charge is -1.99. The van der Waals surface area contributed by atoms with Crippen LogP contribution in [-0.4, -0.2) is 25.9 Å². The maximum atomic E-state index is 12.0. The molecule has 0 fully saturated rings. The molecule has 2 heterocycles. The van der Waals surface area contributed by atoms with Gasteiger partial charge in [-0.2, -0.15) is 5.10 Å². The normalized spacial score (nSPS) is 10.6. The first-order valence-electron chi connectivity index (χ1n) is 6.95. The van der Waals surface area contributed by atoms with Gasteiger partial charge in [0.2, 0.25) is 0 Å². The second kappa shape index (κ2) is 6.48. The summed E-state index contributed by atoms with van der Waals surface area (Å²) in [5, 5.41) is 16.8. The molecule has 3 aromatic rings. The lowest BCUT2D eigenvalue weighted by Crippen LogP contribution is -2.23. The van der Waals surface area contributed by atoms with E-state index in [0.29, 0.717) is 12.2 Å². The summed E-state index contributed by atoms with van der Waals surface area (Å²) >= 11 is 1.47. The van der Waals surface area contributed by atoms with Crippen LogP contribution in [-0.2, 0) is 13.1 Å². The van der Waals surface area contributed by atoms with Crippen LogP contribution < -0.4 is 5.32 Å². The van der Waals surface area contributed by atoms with Crippen LogP contribution in [0.15, 0.2) is 42.6 Å². The van der Waals surface area contributed by atoms with E-state index >= 15 is 0 Å². The molecule has 1 N–H and O–H groups in total. The van der Waals surface area contributed by atoms with Crippen LogP contribution in [0.5, 0.6) is 0 Å². The molecule has 0 bridgehead atoms. The number of carbonyl (C=O) groups excluding carboxylic acids is 1. The van der Waals surface area contributed by atoms with Crippen molar-refractivity contribution in [2.75, 3.05) is 0 Å². The molecular formula is C15H15N5OS. The number of amides is 1. The summed E-state index contributed by atoms with van der Waals surface area (Å²) in [5.41, 5.74) is 1.44. The molecule has 0 atom stereocenters. The summed E-state index contributed by atoms with van der Waals surface area (Å²) in [4.78, 5) is 12.0. The number of carbonyl (C=O) groups is 1. The van der Waals surface area contributed by atoms with Gasteiger partial charge in [0.05, 0.1) is 6.54 Å². The topological polar surface area (TPSA) is 72.7 Å². The van der Waals surface area contributed by atoms with Gasteiger partial charge in [-0.25, -0.2) is 0 Å². The number of nitrogens with one attached hydrogen (secondary N) is 1. The van der Waals surface area contributed by atoms with Crippen molar-refractivity contribution in [2.45, 2.75) is 20.0 Å². The van der Waals surface area contributed by atoms with Crippen LogP contribution in [0.3, 0.4) is 0 Å². The molecular weight excluding hydrogens is 298 g/mol. The van der Waals surface area contributed by atoms with Gasteiger partial charge in [-0.1, -0.05) is 41.7 Å². The quantitative estimate of drug-likeness (QED) is 0.785. The van der Waals surface area contributed by atoms with Gasteiger partial charge in [0, 0.05) is 18.3 Å². The fourth-order valence-corrected chi connectivity index (χ4v) is 2.71. The Morgan fingerprint density at radius 2 is 2.05 bits per heavy atom. The molecule has 2 aromatic heterocycles. The Kier molecular flexibility index (Phi) is 4.24. The Hall–Kier alpha value is -2.54. The fraction of sp³-hybridized carbons (Fsp3) is 0.200. The second-order valence-electron chi connectivity index (χ2n) is 4.61. The van der Waals surface area contributed by atoms with E-state index in [9.17, 15) is 4.79 Å². The number of hydrogen-bond donors (Lipinski definition) is 1. The van der Waals surface area contributed by atoms with Crippen molar-refractivity contribution < 1.29 is 4.79 Å². The van der Waals surface area contributed by atoms with Gasteiger partial charge in [0.1, 0.15) is 15.7 Å². The largest absolute Gasteiger partial charge is 0.344 e. The maximum absolute atomic E-state index is 12.0. The van der Waals surface area contributed by atoms with E-state index in [1.807, 2.05) is 37.3 Å². The van der Waals surface area contributed by atoms with Crippen molar-refractivity contribution in [1.29, 1.82) is 0 Å². The van der Waals surface area contributed by atoms with E-state index in [2.05, 4.69) is 20.6 Å². The summed E-state index contributed by atoms with van der Waals surface area (Å²) in [6.45, 7) is 3.06. The van der Waals surface area contributed by atoms with E-state index in [4.69, 9.17) is 0 Å². The highest BCUT2D eigenvalue weighted by Crippen LogP contribution is 2.22. The summed E-state index contributed by atoms with van der Waals surface area (Å²) in [7, 11) is 0. The number of rotatable bonds is 5. The fourth-order valence-electron chi connectivity index (χ4n) is 1.93. The first-order valence-corrected chi connectivity index (χ1v) is 7.77.